The van der Waals surface area contributed by atoms with Gasteiger partial charge in [-0.15, -0.1) is 11.8 Å². The molecule has 0 aliphatic heterocycles. The van der Waals surface area contributed by atoms with E-state index in [-0.39, 0.29) is 0 Å². The summed E-state index contributed by atoms with van der Waals surface area (Å²) in [7, 11) is 0. The molecule has 0 heterocycles. The third-order valence-electron chi connectivity index (χ3n) is 3.58. The van der Waals surface area contributed by atoms with Crippen LogP contribution < -0.4 is 0 Å². The lowest BCUT2D eigenvalue weighted by Crippen LogP contribution is -1.91. The second-order valence-electron chi connectivity index (χ2n) is 5.05. The molecule has 1 fully saturated rings. The molecule has 2 rings (SSSR count). The smallest absolute Gasteiger partial charge is 0.00915 e. The quantitative estimate of drug-likeness (QED) is 0.565. The first-order chi connectivity index (χ1) is 6.29. The Morgan fingerprint density at radius 2 is 1.62 bits per heavy atom. The molecule has 2 aliphatic rings. The van der Waals surface area contributed by atoms with Gasteiger partial charge in [-0.2, -0.15) is 0 Å². The summed E-state index contributed by atoms with van der Waals surface area (Å²) in [6.07, 6.45) is 6.55. The highest BCUT2D eigenvalue weighted by atomic mass is 14.5. The highest BCUT2D eigenvalue weighted by Crippen LogP contribution is 2.55. The zero-order valence-corrected chi connectivity index (χ0v) is 8.84. The molecule has 1 unspecified atom stereocenters. The van der Waals surface area contributed by atoms with Crippen molar-refractivity contribution in [1.82, 2.24) is 0 Å². The van der Waals surface area contributed by atoms with Gasteiger partial charge in [0.2, 0.25) is 0 Å². The fraction of sp³-hybridized carbons (Fsp3) is 0.846. The van der Waals surface area contributed by atoms with Crippen molar-refractivity contribution in [3.05, 3.63) is 0 Å². The Labute approximate surface area is 82.1 Å². The lowest BCUT2D eigenvalue weighted by molar-refractivity contribution is 0.494. The fourth-order valence-electron chi connectivity index (χ4n) is 2.93. The number of fused-ring (bicyclic) bond motifs is 1. The summed E-state index contributed by atoms with van der Waals surface area (Å²) < 4.78 is 0. The Morgan fingerprint density at radius 3 is 2.08 bits per heavy atom. The highest BCUT2D eigenvalue weighted by molar-refractivity contribution is 5.07. The Morgan fingerprint density at radius 1 is 1.08 bits per heavy atom. The maximum absolute atomic E-state index is 3.27. The summed E-state index contributed by atoms with van der Waals surface area (Å²) in [6.45, 7) is 4.70. The topological polar surface area (TPSA) is 0 Å². The monoisotopic (exact) mass is 176 g/mol. The van der Waals surface area contributed by atoms with Gasteiger partial charge in [0.1, 0.15) is 0 Å². The molecule has 0 nitrogen and oxygen atoms in total. The molecule has 13 heavy (non-hydrogen) atoms. The van der Waals surface area contributed by atoms with Crippen LogP contribution in [-0.2, 0) is 0 Å². The maximum atomic E-state index is 3.27. The molecule has 0 saturated heterocycles. The molecule has 1 saturated carbocycles. The molecular formula is C13H20. The van der Waals surface area contributed by atoms with Crippen molar-refractivity contribution in [2.45, 2.75) is 46.0 Å². The third kappa shape index (κ3) is 2.08. The van der Waals surface area contributed by atoms with Gasteiger partial charge in [0.25, 0.3) is 0 Å². The van der Waals surface area contributed by atoms with Gasteiger partial charge in [0.15, 0.2) is 0 Å². The van der Waals surface area contributed by atoms with Crippen molar-refractivity contribution in [3.8, 4) is 11.8 Å². The fourth-order valence-corrected chi connectivity index (χ4v) is 2.93. The molecule has 2 aliphatic carbocycles. The van der Waals surface area contributed by atoms with Gasteiger partial charge in [0.05, 0.1) is 0 Å². The van der Waals surface area contributed by atoms with E-state index in [1.807, 2.05) is 0 Å². The van der Waals surface area contributed by atoms with Crippen molar-refractivity contribution >= 4 is 0 Å². The van der Waals surface area contributed by atoms with E-state index >= 15 is 0 Å². The van der Waals surface area contributed by atoms with E-state index in [0.717, 1.165) is 36.5 Å². The molecule has 0 spiro atoms. The van der Waals surface area contributed by atoms with Crippen LogP contribution in [0.25, 0.3) is 0 Å². The van der Waals surface area contributed by atoms with Crippen LogP contribution in [0, 0.1) is 35.5 Å². The van der Waals surface area contributed by atoms with Crippen molar-refractivity contribution in [3.63, 3.8) is 0 Å². The van der Waals surface area contributed by atoms with Gasteiger partial charge in [-0.1, -0.05) is 13.8 Å². The maximum Gasteiger partial charge on any atom is 0.00915 e. The van der Waals surface area contributed by atoms with E-state index < -0.39 is 0 Å². The van der Waals surface area contributed by atoms with Crippen LogP contribution in [0.3, 0.4) is 0 Å². The zero-order valence-electron chi connectivity index (χ0n) is 8.84. The lowest BCUT2D eigenvalue weighted by atomic mass is 10.0. The number of hydrogen-bond donors (Lipinski definition) is 0. The second kappa shape index (κ2) is 3.74. The van der Waals surface area contributed by atoms with E-state index in [1.165, 1.54) is 19.3 Å². The van der Waals surface area contributed by atoms with Gasteiger partial charge < -0.3 is 0 Å². The average molecular weight is 176 g/mol. The summed E-state index contributed by atoms with van der Waals surface area (Å²) in [5, 5.41) is 0. The molecule has 0 aromatic rings. The molecule has 3 atom stereocenters. The van der Waals surface area contributed by atoms with Crippen molar-refractivity contribution in [2.24, 2.45) is 23.7 Å². The SMILES string of the molecule is CC(C)CC1[C@H]2CCC#CCC[C@@H]12. The molecule has 0 bridgehead atoms. The molecule has 0 aromatic heterocycles. The molecule has 0 N–H and O–H groups in total. The van der Waals surface area contributed by atoms with Crippen LogP contribution >= 0.6 is 0 Å². The Balaban J connectivity index is 1.86. The largest absolute Gasteiger partial charge is 0.103 e. The van der Waals surface area contributed by atoms with Crippen molar-refractivity contribution in [1.29, 1.82) is 0 Å². The number of rotatable bonds is 2. The minimum Gasteiger partial charge on any atom is -0.103 e. The lowest BCUT2D eigenvalue weighted by Gasteiger charge is -2.02. The number of hydrogen-bond acceptors (Lipinski definition) is 0. The van der Waals surface area contributed by atoms with Gasteiger partial charge in [0, 0.05) is 12.8 Å². The molecule has 0 amide bonds. The Hall–Kier alpha value is -0.440. The minimum absolute atomic E-state index is 0.888. The van der Waals surface area contributed by atoms with Crippen molar-refractivity contribution < 1.29 is 0 Å². The predicted molar refractivity (Wildman–Crippen MR) is 56.2 cm³/mol. The van der Waals surface area contributed by atoms with Gasteiger partial charge in [-0.25, -0.2) is 0 Å². The average Bonchev–Trinajstić information content (AvgIpc) is 2.58. The van der Waals surface area contributed by atoms with Crippen LogP contribution in [0.2, 0.25) is 0 Å². The first kappa shape index (κ1) is 9.13. The van der Waals surface area contributed by atoms with Crippen LogP contribution in [0.15, 0.2) is 0 Å². The van der Waals surface area contributed by atoms with E-state index in [4.69, 9.17) is 0 Å². The van der Waals surface area contributed by atoms with Gasteiger partial charge in [-0.3, -0.25) is 0 Å². The minimum atomic E-state index is 0.888. The summed E-state index contributed by atoms with van der Waals surface area (Å²) in [5.74, 6) is 10.6. The summed E-state index contributed by atoms with van der Waals surface area (Å²) in [6, 6.07) is 0. The normalized spacial score (nSPS) is 37.0. The van der Waals surface area contributed by atoms with E-state index in [1.54, 1.807) is 0 Å². The predicted octanol–water partition coefficient (Wildman–Crippen LogP) is 3.47. The van der Waals surface area contributed by atoms with E-state index in [9.17, 15) is 0 Å². The van der Waals surface area contributed by atoms with E-state index in [2.05, 4.69) is 25.7 Å². The second-order valence-corrected chi connectivity index (χ2v) is 5.05. The van der Waals surface area contributed by atoms with Crippen molar-refractivity contribution in [2.75, 3.05) is 0 Å². The van der Waals surface area contributed by atoms with Gasteiger partial charge >= 0.3 is 0 Å². The molecular weight excluding hydrogens is 156 g/mol. The molecule has 0 aromatic carbocycles. The van der Waals surface area contributed by atoms with Crippen LogP contribution in [0.5, 0.6) is 0 Å². The zero-order chi connectivity index (χ0) is 9.26. The summed E-state index contributed by atoms with van der Waals surface area (Å²) in [4.78, 5) is 0. The summed E-state index contributed by atoms with van der Waals surface area (Å²) >= 11 is 0. The Kier molecular flexibility index (Phi) is 2.63. The highest BCUT2D eigenvalue weighted by Gasteiger charge is 2.48. The first-order valence-electron chi connectivity index (χ1n) is 5.74. The molecule has 0 radical (unpaired) electrons. The first-order valence-corrected chi connectivity index (χ1v) is 5.74. The van der Waals surface area contributed by atoms with Gasteiger partial charge in [-0.05, 0) is 42.9 Å². The van der Waals surface area contributed by atoms with E-state index in [0.29, 0.717) is 0 Å². The van der Waals surface area contributed by atoms with Crippen LogP contribution in [0.4, 0.5) is 0 Å². The third-order valence-corrected chi connectivity index (χ3v) is 3.58. The Bertz CT molecular complexity index is 210. The standard InChI is InChI=1S/C13H20/c1-10(2)9-13-11-7-5-3-4-6-8-12(11)13/h10-13H,5-9H2,1-2H3/t11-,12+,13?. The van der Waals surface area contributed by atoms with Crippen LogP contribution in [0.1, 0.15) is 46.0 Å². The molecule has 72 valence electrons. The molecule has 0 heteroatoms. The van der Waals surface area contributed by atoms with Crippen LogP contribution in [-0.4, -0.2) is 0 Å². The summed E-state index contributed by atoms with van der Waals surface area (Å²) in [5.41, 5.74) is 0.